The molecule has 6 heteroatoms. The third kappa shape index (κ3) is 4.03. The molecule has 0 spiro atoms. The zero-order chi connectivity index (χ0) is 14.6. The first-order valence-corrected chi connectivity index (χ1v) is 5.85. The molecule has 0 saturated heterocycles. The van der Waals surface area contributed by atoms with Crippen molar-refractivity contribution in [2.24, 2.45) is 5.41 Å². The van der Waals surface area contributed by atoms with E-state index in [4.69, 9.17) is 4.84 Å². The first-order chi connectivity index (χ1) is 8.75. The Bertz CT molecular complexity index is 480. The van der Waals surface area contributed by atoms with Gasteiger partial charge in [0.05, 0.1) is 7.11 Å². The lowest BCUT2D eigenvalue weighted by Gasteiger charge is -2.18. The summed E-state index contributed by atoms with van der Waals surface area (Å²) in [5.41, 5.74) is -0.131. The molecule has 1 aromatic rings. The number of hydrogen-bond donors (Lipinski definition) is 1. The van der Waals surface area contributed by atoms with Crippen LogP contribution in [0.25, 0.3) is 0 Å². The van der Waals surface area contributed by atoms with E-state index in [0.29, 0.717) is 11.4 Å². The number of nitrogens with one attached hydrogen (secondary N) is 1. The lowest BCUT2D eigenvalue weighted by molar-refractivity contribution is -0.123. The molecule has 0 aliphatic heterocycles. The molecule has 19 heavy (non-hydrogen) atoms. The molecular weight excluding hydrogens is 246 g/mol. The van der Waals surface area contributed by atoms with E-state index >= 15 is 0 Å². The van der Waals surface area contributed by atoms with Crippen LogP contribution >= 0.6 is 0 Å². The number of carbonyl (C=O) groups is 2. The molecule has 1 heterocycles. The van der Waals surface area contributed by atoms with Crippen LogP contribution in [-0.4, -0.2) is 36.0 Å². The number of anilines is 1. The second kappa shape index (κ2) is 5.79. The molecule has 0 bridgehead atoms. The number of hydroxylamine groups is 2. The van der Waals surface area contributed by atoms with Gasteiger partial charge in [-0.1, -0.05) is 20.8 Å². The number of pyridine rings is 1. The van der Waals surface area contributed by atoms with E-state index < -0.39 is 5.41 Å². The average Bonchev–Trinajstić information content (AvgIpc) is 2.36. The third-order valence-corrected chi connectivity index (χ3v) is 2.49. The Hall–Kier alpha value is -1.95. The smallest absolute Gasteiger partial charge is 0.277 e. The fourth-order valence-electron chi connectivity index (χ4n) is 1.20. The monoisotopic (exact) mass is 265 g/mol. The molecule has 0 radical (unpaired) electrons. The molecule has 2 amide bonds. The van der Waals surface area contributed by atoms with Gasteiger partial charge in [0.1, 0.15) is 5.82 Å². The minimum absolute atomic E-state index is 0.162. The van der Waals surface area contributed by atoms with Gasteiger partial charge < -0.3 is 5.32 Å². The number of rotatable bonds is 3. The van der Waals surface area contributed by atoms with E-state index in [2.05, 4.69) is 10.3 Å². The van der Waals surface area contributed by atoms with Crippen LogP contribution in [0.15, 0.2) is 18.3 Å². The largest absolute Gasteiger partial charge is 0.310 e. The maximum atomic E-state index is 11.9. The van der Waals surface area contributed by atoms with Gasteiger partial charge in [-0.3, -0.25) is 14.4 Å². The Morgan fingerprint density at radius 2 is 2.00 bits per heavy atom. The van der Waals surface area contributed by atoms with Crippen LogP contribution in [0.5, 0.6) is 0 Å². The van der Waals surface area contributed by atoms with E-state index in [9.17, 15) is 9.59 Å². The normalized spacial score (nSPS) is 11.0. The maximum absolute atomic E-state index is 11.9. The molecule has 104 valence electrons. The summed E-state index contributed by atoms with van der Waals surface area (Å²) >= 11 is 0. The van der Waals surface area contributed by atoms with Gasteiger partial charge in [0, 0.05) is 24.2 Å². The predicted octanol–water partition coefficient (Wildman–Crippen LogP) is 1.70. The summed E-state index contributed by atoms with van der Waals surface area (Å²) in [7, 11) is 2.91. The van der Waals surface area contributed by atoms with E-state index in [1.807, 2.05) is 0 Å². The summed E-state index contributed by atoms with van der Waals surface area (Å²) in [6, 6.07) is 3.08. The SMILES string of the molecule is CON(C)C(=O)c1ccnc(NC(=O)C(C)(C)C)c1. The molecule has 0 aromatic carbocycles. The van der Waals surface area contributed by atoms with Crippen LogP contribution in [0.1, 0.15) is 31.1 Å². The Morgan fingerprint density at radius 1 is 1.37 bits per heavy atom. The minimum Gasteiger partial charge on any atom is -0.310 e. The Morgan fingerprint density at radius 3 is 2.53 bits per heavy atom. The van der Waals surface area contributed by atoms with Crippen LogP contribution < -0.4 is 5.32 Å². The second-order valence-corrected chi connectivity index (χ2v) is 5.12. The summed E-state index contributed by atoms with van der Waals surface area (Å²) < 4.78 is 0. The quantitative estimate of drug-likeness (QED) is 0.844. The zero-order valence-corrected chi connectivity index (χ0v) is 11.9. The summed E-state index contributed by atoms with van der Waals surface area (Å²) in [6.07, 6.45) is 1.47. The van der Waals surface area contributed by atoms with Crippen molar-refractivity contribution >= 4 is 17.6 Å². The molecule has 1 rings (SSSR count). The Kier molecular flexibility index (Phi) is 4.61. The van der Waals surface area contributed by atoms with Crippen molar-refractivity contribution in [2.45, 2.75) is 20.8 Å². The van der Waals surface area contributed by atoms with E-state index in [1.54, 1.807) is 26.8 Å². The fourth-order valence-corrected chi connectivity index (χ4v) is 1.20. The topological polar surface area (TPSA) is 71.5 Å². The standard InChI is InChI=1S/C13H19N3O3/c1-13(2,3)12(18)15-10-8-9(6-7-14-10)11(17)16(4)19-5/h6-8H,1-5H3,(H,14,15,18). The van der Waals surface area contributed by atoms with Gasteiger partial charge in [-0.05, 0) is 12.1 Å². The molecule has 1 aromatic heterocycles. The zero-order valence-electron chi connectivity index (χ0n) is 11.9. The highest BCUT2D eigenvalue weighted by molar-refractivity contribution is 5.97. The first kappa shape index (κ1) is 15.1. The summed E-state index contributed by atoms with van der Waals surface area (Å²) in [5.74, 6) is -0.129. The number of amides is 2. The third-order valence-electron chi connectivity index (χ3n) is 2.49. The van der Waals surface area contributed by atoms with Crippen molar-refractivity contribution in [3.8, 4) is 0 Å². The molecule has 0 aliphatic carbocycles. The van der Waals surface area contributed by atoms with Gasteiger partial charge in [-0.15, -0.1) is 0 Å². The van der Waals surface area contributed by atoms with Crippen LogP contribution in [0.3, 0.4) is 0 Å². The van der Waals surface area contributed by atoms with Crippen molar-refractivity contribution in [3.05, 3.63) is 23.9 Å². The Balaban J connectivity index is 2.89. The van der Waals surface area contributed by atoms with Crippen LogP contribution in [0.4, 0.5) is 5.82 Å². The van der Waals surface area contributed by atoms with Gasteiger partial charge in [0.2, 0.25) is 5.91 Å². The summed E-state index contributed by atoms with van der Waals surface area (Å²) in [4.78, 5) is 32.5. The predicted molar refractivity (Wildman–Crippen MR) is 71.4 cm³/mol. The van der Waals surface area contributed by atoms with E-state index in [1.165, 1.54) is 26.4 Å². The highest BCUT2D eigenvalue weighted by Crippen LogP contribution is 2.17. The van der Waals surface area contributed by atoms with Crippen molar-refractivity contribution in [2.75, 3.05) is 19.5 Å². The Labute approximate surface area is 112 Å². The van der Waals surface area contributed by atoms with Crippen molar-refractivity contribution in [3.63, 3.8) is 0 Å². The van der Waals surface area contributed by atoms with E-state index in [0.717, 1.165) is 5.06 Å². The molecule has 1 N–H and O–H groups in total. The van der Waals surface area contributed by atoms with Crippen molar-refractivity contribution < 1.29 is 14.4 Å². The van der Waals surface area contributed by atoms with E-state index in [-0.39, 0.29) is 11.8 Å². The average molecular weight is 265 g/mol. The minimum atomic E-state index is -0.523. The molecule has 0 fully saturated rings. The number of carbonyl (C=O) groups excluding carboxylic acids is 2. The van der Waals surface area contributed by atoms with Crippen LogP contribution in [0, 0.1) is 5.41 Å². The highest BCUT2D eigenvalue weighted by Gasteiger charge is 2.22. The summed E-state index contributed by atoms with van der Waals surface area (Å²) in [6.45, 7) is 5.40. The second-order valence-electron chi connectivity index (χ2n) is 5.12. The van der Waals surface area contributed by atoms with Crippen molar-refractivity contribution in [1.82, 2.24) is 10.0 Å². The van der Waals surface area contributed by atoms with Gasteiger partial charge in [0.15, 0.2) is 0 Å². The lowest BCUT2D eigenvalue weighted by Crippen LogP contribution is -2.28. The fraction of sp³-hybridized carbons (Fsp3) is 0.462. The molecule has 0 unspecified atom stereocenters. The maximum Gasteiger partial charge on any atom is 0.277 e. The molecule has 0 aliphatic rings. The molecule has 0 atom stereocenters. The van der Waals surface area contributed by atoms with Gasteiger partial charge in [-0.25, -0.2) is 10.0 Å². The molecular formula is C13H19N3O3. The van der Waals surface area contributed by atoms with Gasteiger partial charge in [0.25, 0.3) is 5.91 Å². The number of hydrogen-bond acceptors (Lipinski definition) is 4. The molecule has 6 nitrogen and oxygen atoms in total. The first-order valence-electron chi connectivity index (χ1n) is 5.85. The van der Waals surface area contributed by atoms with Gasteiger partial charge in [-0.2, -0.15) is 0 Å². The van der Waals surface area contributed by atoms with Crippen LogP contribution in [0.2, 0.25) is 0 Å². The number of nitrogens with zero attached hydrogens (tertiary/aromatic N) is 2. The van der Waals surface area contributed by atoms with Crippen molar-refractivity contribution in [1.29, 1.82) is 0 Å². The van der Waals surface area contributed by atoms with Gasteiger partial charge >= 0.3 is 0 Å². The lowest BCUT2D eigenvalue weighted by atomic mass is 9.96. The van der Waals surface area contributed by atoms with Crippen LogP contribution in [-0.2, 0) is 9.63 Å². The molecule has 0 saturated carbocycles. The summed E-state index contributed by atoms with van der Waals surface area (Å²) in [5, 5.41) is 3.77. The number of aromatic nitrogens is 1. The highest BCUT2D eigenvalue weighted by atomic mass is 16.7.